The fourth-order valence-corrected chi connectivity index (χ4v) is 3.87. The van der Waals surface area contributed by atoms with Gasteiger partial charge in [-0.25, -0.2) is 0 Å². The summed E-state index contributed by atoms with van der Waals surface area (Å²) in [5.41, 5.74) is 0. The van der Waals surface area contributed by atoms with E-state index in [1.165, 1.54) is 19.3 Å². The maximum atomic E-state index is 12.4. The Morgan fingerprint density at radius 1 is 1.08 bits per heavy atom. The SMILES string of the molecule is CN=C(NCCC1CCOCC1)N1CCN(C(=O)C2CCCO2)CC1.I. The fraction of sp³-hybridized carbons (Fsp3) is 0.889. The molecule has 3 rings (SSSR count). The molecule has 8 heteroatoms. The van der Waals surface area contributed by atoms with Gasteiger partial charge in [0.15, 0.2) is 5.96 Å². The molecule has 3 aliphatic rings. The van der Waals surface area contributed by atoms with Crippen molar-refractivity contribution in [3.8, 4) is 0 Å². The Morgan fingerprint density at radius 3 is 2.38 bits per heavy atom. The van der Waals surface area contributed by atoms with Gasteiger partial charge in [-0.3, -0.25) is 9.79 Å². The number of guanidine groups is 1. The van der Waals surface area contributed by atoms with Crippen LogP contribution in [0, 0.1) is 5.92 Å². The second-order valence-corrected chi connectivity index (χ2v) is 7.13. The highest BCUT2D eigenvalue weighted by molar-refractivity contribution is 14.0. The lowest BCUT2D eigenvalue weighted by Gasteiger charge is -2.37. The van der Waals surface area contributed by atoms with E-state index in [1.54, 1.807) is 0 Å². The second-order valence-electron chi connectivity index (χ2n) is 7.13. The molecule has 1 atom stereocenters. The summed E-state index contributed by atoms with van der Waals surface area (Å²) in [4.78, 5) is 21.0. The lowest BCUT2D eigenvalue weighted by atomic mass is 9.97. The van der Waals surface area contributed by atoms with Gasteiger partial charge in [0.2, 0.25) is 0 Å². The summed E-state index contributed by atoms with van der Waals surface area (Å²) in [5.74, 6) is 1.89. The van der Waals surface area contributed by atoms with Crippen molar-refractivity contribution < 1.29 is 14.3 Å². The molecule has 1 amide bonds. The Labute approximate surface area is 173 Å². The molecule has 7 nitrogen and oxygen atoms in total. The first-order valence-electron chi connectivity index (χ1n) is 9.71. The lowest BCUT2D eigenvalue weighted by Crippen LogP contribution is -2.55. The van der Waals surface area contributed by atoms with E-state index in [4.69, 9.17) is 9.47 Å². The van der Waals surface area contributed by atoms with E-state index in [9.17, 15) is 4.79 Å². The van der Waals surface area contributed by atoms with Crippen LogP contribution in [0.15, 0.2) is 4.99 Å². The van der Waals surface area contributed by atoms with Gasteiger partial charge >= 0.3 is 0 Å². The molecular weight excluding hydrogens is 447 g/mol. The Hall–Kier alpha value is -0.610. The number of halogens is 1. The highest BCUT2D eigenvalue weighted by Gasteiger charge is 2.30. The van der Waals surface area contributed by atoms with Gasteiger partial charge in [-0.1, -0.05) is 0 Å². The number of nitrogens with one attached hydrogen (secondary N) is 1. The summed E-state index contributed by atoms with van der Waals surface area (Å²) in [6.07, 6.45) is 5.17. The molecular formula is C18H33IN4O3. The van der Waals surface area contributed by atoms with Crippen molar-refractivity contribution in [2.45, 2.75) is 38.2 Å². The van der Waals surface area contributed by atoms with Crippen LogP contribution in [0.2, 0.25) is 0 Å². The number of ether oxygens (including phenoxy) is 2. The Bertz CT molecular complexity index is 457. The molecule has 0 bridgehead atoms. The van der Waals surface area contributed by atoms with Crippen LogP contribution in [0.3, 0.4) is 0 Å². The van der Waals surface area contributed by atoms with E-state index < -0.39 is 0 Å². The number of piperazine rings is 1. The Balaban J connectivity index is 0.00000243. The summed E-state index contributed by atoms with van der Waals surface area (Å²) in [5, 5.41) is 3.49. The van der Waals surface area contributed by atoms with Crippen LogP contribution >= 0.6 is 24.0 Å². The van der Waals surface area contributed by atoms with E-state index in [0.717, 1.165) is 77.3 Å². The molecule has 0 aromatic heterocycles. The Morgan fingerprint density at radius 2 is 1.77 bits per heavy atom. The average molecular weight is 480 g/mol. The van der Waals surface area contributed by atoms with Crippen molar-refractivity contribution in [2.75, 3.05) is 59.6 Å². The first-order chi connectivity index (χ1) is 12.3. The van der Waals surface area contributed by atoms with E-state index in [1.807, 2.05) is 11.9 Å². The molecule has 1 N–H and O–H groups in total. The molecule has 0 saturated carbocycles. The zero-order chi connectivity index (χ0) is 17.5. The molecule has 150 valence electrons. The summed E-state index contributed by atoms with van der Waals surface area (Å²) >= 11 is 0. The minimum atomic E-state index is -0.205. The number of amides is 1. The van der Waals surface area contributed by atoms with Gasteiger partial charge in [-0.15, -0.1) is 24.0 Å². The van der Waals surface area contributed by atoms with Crippen molar-refractivity contribution in [3.63, 3.8) is 0 Å². The number of aliphatic imine (C=N–C) groups is 1. The molecule has 1 unspecified atom stereocenters. The van der Waals surface area contributed by atoms with Crippen molar-refractivity contribution in [1.82, 2.24) is 15.1 Å². The van der Waals surface area contributed by atoms with Crippen molar-refractivity contribution in [2.24, 2.45) is 10.9 Å². The monoisotopic (exact) mass is 480 g/mol. The summed E-state index contributed by atoms with van der Waals surface area (Å²) in [6.45, 7) is 6.64. The minimum absolute atomic E-state index is 0. The van der Waals surface area contributed by atoms with Crippen LogP contribution in [0.4, 0.5) is 0 Å². The van der Waals surface area contributed by atoms with E-state index in [0.29, 0.717) is 0 Å². The third-order valence-electron chi connectivity index (χ3n) is 5.48. The zero-order valence-electron chi connectivity index (χ0n) is 15.8. The average Bonchev–Trinajstić information content (AvgIpc) is 3.20. The predicted octanol–water partition coefficient (Wildman–Crippen LogP) is 1.32. The molecule has 3 heterocycles. The zero-order valence-corrected chi connectivity index (χ0v) is 18.2. The van der Waals surface area contributed by atoms with Crippen LogP contribution in [-0.4, -0.2) is 87.4 Å². The number of nitrogens with zero attached hydrogens (tertiary/aromatic N) is 3. The van der Waals surface area contributed by atoms with Gasteiger partial charge < -0.3 is 24.6 Å². The summed E-state index contributed by atoms with van der Waals surface area (Å²) < 4.78 is 10.9. The highest BCUT2D eigenvalue weighted by atomic mass is 127. The number of carbonyl (C=O) groups is 1. The van der Waals surface area contributed by atoms with Crippen LogP contribution in [-0.2, 0) is 14.3 Å². The van der Waals surface area contributed by atoms with Gasteiger partial charge in [-0.2, -0.15) is 0 Å². The van der Waals surface area contributed by atoms with Gasteiger partial charge in [-0.05, 0) is 38.0 Å². The lowest BCUT2D eigenvalue weighted by molar-refractivity contribution is -0.142. The normalized spacial score (nSPS) is 25.1. The summed E-state index contributed by atoms with van der Waals surface area (Å²) in [6, 6.07) is 0. The standard InChI is InChI=1S/C18H32N4O3.HI/c1-19-18(20-7-4-15-5-13-24-14-6-15)22-10-8-21(9-11-22)17(23)16-3-2-12-25-16;/h15-16H,2-14H2,1H3,(H,19,20);1H. The third-order valence-corrected chi connectivity index (χ3v) is 5.48. The fourth-order valence-electron chi connectivity index (χ4n) is 3.87. The molecule has 26 heavy (non-hydrogen) atoms. The second kappa shape index (κ2) is 11.3. The molecule has 0 spiro atoms. The molecule has 3 saturated heterocycles. The molecule has 0 radical (unpaired) electrons. The number of hydrogen-bond acceptors (Lipinski definition) is 4. The Kier molecular flexibility index (Phi) is 9.41. The first-order valence-corrected chi connectivity index (χ1v) is 9.71. The molecule has 3 fully saturated rings. The maximum absolute atomic E-state index is 12.4. The van der Waals surface area contributed by atoms with Gasteiger partial charge in [0, 0.05) is 59.6 Å². The van der Waals surface area contributed by atoms with Gasteiger partial charge in [0.05, 0.1) is 0 Å². The van der Waals surface area contributed by atoms with E-state index in [-0.39, 0.29) is 36.0 Å². The maximum Gasteiger partial charge on any atom is 0.251 e. The van der Waals surface area contributed by atoms with Crippen LogP contribution in [0.25, 0.3) is 0 Å². The van der Waals surface area contributed by atoms with Crippen molar-refractivity contribution in [1.29, 1.82) is 0 Å². The smallest absolute Gasteiger partial charge is 0.251 e. The number of hydrogen-bond donors (Lipinski definition) is 1. The van der Waals surface area contributed by atoms with Gasteiger partial charge in [0.25, 0.3) is 5.91 Å². The van der Waals surface area contributed by atoms with Crippen LogP contribution in [0.5, 0.6) is 0 Å². The summed E-state index contributed by atoms with van der Waals surface area (Å²) in [7, 11) is 1.83. The highest BCUT2D eigenvalue weighted by Crippen LogP contribution is 2.18. The molecule has 3 aliphatic heterocycles. The van der Waals surface area contributed by atoms with Crippen LogP contribution < -0.4 is 5.32 Å². The van der Waals surface area contributed by atoms with Crippen molar-refractivity contribution in [3.05, 3.63) is 0 Å². The first kappa shape index (κ1) is 21.7. The van der Waals surface area contributed by atoms with Crippen LogP contribution in [0.1, 0.15) is 32.1 Å². The molecule has 0 aromatic rings. The van der Waals surface area contributed by atoms with Crippen molar-refractivity contribution >= 4 is 35.8 Å². The quantitative estimate of drug-likeness (QED) is 0.374. The number of rotatable bonds is 4. The topological polar surface area (TPSA) is 66.4 Å². The van der Waals surface area contributed by atoms with Gasteiger partial charge in [0.1, 0.15) is 6.10 Å². The number of carbonyl (C=O) groups excluding carboxylic acids is 1. The predicted molar refractivity (Wildman–Crippen MR) is 112 cm³/mol. The van der Waals surface area contributed by atoms with E-state index >= 15 is 0 Å². The molecule has 0 aliphatic carbocycles. The third kappa shape index (κ3) is 5.95. The minimum Gasteiger partial charge on any atom is -0.381 e. The molecule has 0 aromatic carbocycles. The largest absolute Gasteiger partial charge is 0.381 e. The van der Waals surface area contributed by atoms with E-state index in [2.05, 4.69) is 15.2 Å².